The maximum atomic E-state index is 12.9. The van der Waals surface area contributed by atoms with Gasteiger partial charge in [-0.1, -0.05) is 36.4 Å². The lowest BCUT2D eigenvalue weighted by molar-refractivity contribution is -0.165. The fraction of sp³-hybridized carbons (Fsp3) is 0.333. The molecule has 0 saturated heterocycles. The summed E-state index contributed by atoms with van der Waals surface area (Å²) in [5.74, 6) is -1.26. The van der Waals surface area contributed by atoms with Crippen molar-refractivity contribution < 1.29 is 19.4 Å². The minimum atomic E-state index is -1.19. The Hall–Kier alpha value is -2.40. The summed E-state index contributed by atoms with van der Waals surface area (Å²) in [6.07, 6.45) is 0.506. The molecule has 0 heterocycles. The average molecular weight is 313 g/mol. The molecular weight excluding hydrogens is 294 g/mol. The lowest BCUT2D eigenvalue weighted by Crippen LogP contribution is -2.64. The summed E-state index contributed by atoms with van der Waals surface area (Å²) >= 11 is 0. The number of carboxylic acids is 1. The molecule has 2 aromatic rings. The van der Waals surface area contributed by atoms with E-state index in [1.807, 2.05) is 36.4 Å². The van der Waals surface area contributed by atoms with Gasteiger partial charge >= 0.3 is 5.97 Å². The average Bonchev–Trinajstić information content (AvgIpc) is 2.52. The van der Waals surface area contributed by atoms with Crippen molar-refractivity contribution in [3.8, 4) is 0 Å². The van der Waals surface area contributed by atoms with Gasteiger partial charge in [-0.15, -0.1) is 0 Å². The van der Waals surface area contributed by atoms with E-state index in [-0.39, 0.29) is 12.0 Å². The molecule has 1 aliphatic rings. The lowest BCUT2D eigenvalue weighted by atomic mass is 9.72. The normalized spacial score (nSPS) is 23.3. The van der Waals surface area contributed by atoms with Crippen molar-refractivity contribution in [2.24, 2.45) is 0 Å². The Morgan fingerprint density at radius 1 is 1.17 bits per heavy atom. The molecule has 0 aliphatic heterocycles. The van der Waals surface area contributed by atoms with Crippen molar-refractivity contribution >= 4 is 22.6 Å². The lowest BCUT2D eigenvalue weighted by Gasteiger charge is -2.48. The van der Waals surface area contributed by atoms with Crippen LogP contribution in [0.15, 0.2) is 42.5 Å². The maximum absolute atomic E-state index is 12.9. The second-order valence-corrected chi connectivity index (χ2v) is 5.99. The van der Waals surface area contributed by atoms with Crippen LogP contribution in [0.25, 0.3) is 10.8 Å². The van der Waals surface area contributed by atoms with Crippen LogP contribution in [-0.2, 0) is 9.53 Å². The number of likely N-dealkylation sites (N-methyl/N-ethyl adjacent to an activating group) is 1. The summed E-state index contributed by atoms with van der Waals surface area (Å²) in [5.41, 5.74) is -0.665. The van der Waals surface area contributed by atoms with Crippen molar-refractivity contribution in [1.82, 2.24) is 4.90 Å². The number of fused-ring (bicyclic) bond motifs is 1. The number of ether oxygens (including phenoxy) is 1. The quantitative estimate of drug-likeness (QED) is 0.942. The number of carboxylic acid groups (broad SMARTS) is 1. The van der Waals surface area contributed by atoms with E-state index in [1.54, 1.807) is 20.2 Å². The van der Waals surface area contributed by atoms with Gasteiger partial charge in [0, 0.05) is 32.6 Å². The molecule has 0 aromatic heterocycles. The number of aliphatic carboxylic acids is 1. The zero-order valence-electron chi connectivity index (χ0n) is 13.2. The number of methoxy groups -OCH3 is 1. The highest BCUT2D eigenvalue weighted by Gasteiger charge is 2.55. The summed E-state index contributed by atoms with van der Waals surface area (Å²) in [4.78, 5) is 26.0. The van der Waals surface area contributed by atoms with Gasteiger partial charge in [0.2, 0.25) is 0 Å². The second kappa shape index (κ2) is 5.66. The van der Waals surface area contributed by atoms with E-state index in [0.717, 1.165) is 10.8 Å². The van der Waals surface area contributed by atoms with E-state index in [2.05, 4.69) is 0 Å². The van der Waals surface area contributed by atoms with Crippen LogP contribution in [0.2, 0.25) is 0 Å². The van der Waals surface area contributed by atoms with E-state index in [9.17, 15) is 14.7 Å². The maximum Gasteiger partial charge on any atom is 0.329 e. The third-order valence-corrected chi connectivity index (χ3v) is 4.83. The summed E-state index contributed by atoms with van der Waals surface area (Å²) in [6.45, 7) is 0. The van der Waals surface area contributed by atoms with Crippen LogP contribution in [0.4, 0.5) is 0 Å². The number of rotatable bonds is 4. The van der Waals surface area contributed by atoms with Gasteiger partial charge in [0.1, 0.15) is 5.54 Å². The Balaban J connectivity index is 1.97. The molecule has 1 N–H and O–H groups in total. The monoisotopic (exact) mass is 313 g/mol. The van der Waals surface area contributed by atoms with Crippen LogP contribution < -0.4 is 0 Å². The summed E-state index contributed by atoms with van der Waals surface area (Å²) in [7, 11) is 3.12. The number of nitrogens with zero attached hydrogens (tertiary/aromatic N) is 1. The molecule has 0 spiro atoms. The van der Waals surface area contributed by atoms with Crippen molar-refractivity contribution in [2.75, 3.05) is 14.2 Å². The molecule has 1 saturated carbocycles. The first-order chi connectivity index (χ1) is 11.0. The number of carbonyl (C=O) groups excluding carboxylic acids is 1. The summed E-state index contributed by atoms with van der Waals surface area (Å²) in [6, 6.07) is 13.1. The molecule has 0 radical (unpaired) electrons. The Bertz CT molecular complexity index is 759. The van der Waals surface area contributed by atoms with Gasteiger partial charge < -0.3 is 14.7 Å². The summed E-state index contributed by atoms with van der Waals surface area (Å²) in [5, 5.41) is 11.4. The molecule has 1 aliphatic carbocycles. The van der Waals surface area contributed by atoms with Gasteiger partial charge in [0.25, 0.3) is 5.91 Å². The van der Waals surface area contributed by atoms with Crippen LogP contribution in [0.1, 0.15) is 23.2 Å². The van der Waals surface area contributed by atoms with Gasteiger partial charge in [-0.25, -0.2) is 4.79 Å². The van der Waals surface area contributed by atoms with Gasteiger partial charge in [-0.2, -0.15) is 0 Å². The Morgan fingerprint density at radius 2 is 1.83 bits per heavy atom. The van der Waals surface area contributed by atoms with Gasteiger partial charge in [0.05, 0.1) is 6.10 Å². The van der Waals surface area contributed by atoms with Crippen molar-refractivity contribution in [3.05, 3.63) is 48.0 Å². The molecule has 1 fully saturated rings. The predicted molar refractivity (Wildman–Crippen MR) is 86.4 cm³/mol. The first kappa shape index (κ1) is 15.5. The minimum absolute atomic E-state index is 0.117. The van der Waals surface area contributed by atoms with E-state index in [1.165, 1.54) is 4.90 Å². The van der Waals surface area contributed by atoms with E-state index >= 15 is 0 Å². The number of carbonyl (C=O) groups is 2. The number of amides is 1. The molecule has 120 valence electrons. The molecular formula is C18H19NO4. The third kappa shape index (κ3) is 2.37. The third-order valence-electron chi connectivity index (χ3n) is 4.83. The molecule has 0 bridgehead atoms. The number of benzene rings is 2. The molecule has 0 unspecified atom stereocenters. The van der Waals surface area contributed by atoms with Gasteiger partial charge in [0.15, 0.2) is 0 Å². The molecule has 0 atom stereocenters. The smallest absolute Gasteiger partial charge is 0.329 e. The van der Waals surface area contributed by atoms with Crippen molar-refractivity contribution in [2.45, 2.75) is 24.5 Å². The fourth-order valence-corrected chi connectivity index (χ4v) is 3.24. The van der Waals surface area contributed by atoms with E-state index < -0.39 is 11.5 Å². The standard InChI is InChI=1S/C18H19NO4/c1-19(18(17(21)22)10-13(11-18)23-2)16(20)15-9-5-7-12-6-3-4-8-14(12)15/h3-9,13H,10-11H2,1-2H3,(H,21,22). The molecule has 1 amide bonds. The van der Waals surface area contributed by atoms with Crippen LogP contribution in [0, 0.1) is 0 Å². The highest BCUT2D eigenvalue weighted by atomic mass is 16.5. The Kier molecular flexibility index (Phi) is 3.82. The van der Waals surface area contributed by atoms with Crippen LogP contribution >= 0.6 is 0 Å². The Morgan fingerprint density at radius 3 is 2.48 bits per heavy atom. The number of hydrogen-bond acceptors (Lipinski definition) is 3. The SMILES string of the molecule is COC1CC(C(=O)O)(N(C)C(=O)c2cccc3ccccc23)C1. The van der Waals surface area contributed by atoms with E-state index in [0.29, 0.717) is 18.4 Å². The van der Waals surface area contributed by atoms with Crippen molar-refractivity contribution in [3.63, 3.8) is 0 Å². The molecule has 3 rings (SSSR count). The molecule has 2 aromatic carbocycles. The van der Waals surface area contributed by atoms with Crippen LogP contribution in [-0.4, -0.2) is 47.7 Å². The largest absolute Gasteiger partial charge is 0.479 e. The first-order valence-electron chi connectivity index (χ1n) is 7.52. The summed E-state index contributed by atoms with van der Waals surface area (Å²) < 4.78 is 5.20. The highest BCUT2D eigenvalue weighted by Crippen LogP contribution is 2.40. The van der Waals surface area contributed by atoms with Crippen LogP contribution in [0.5, 0.6) is 0 Å². The van der Waals surface area contributed by atoms with Gasteiger partial charge in [-0.3, -0.25) is 4.79 Å². The van der Waals surface area contributed by atoms with Crippen molar-refractivity contribution in [1.29, 1.82) is 0 Å². The minimum Gasteiger partial charge on any atom is -0.479 e. The zero-order valence-corrected chi connectivity index (χ0v) is 13.2. The topological polar surface area (TPSA) is 66.8 Å². The second-order valence-electron chi connectivity index (χ2n) is 5.99. The zero-order chi connectivity index (χ0) is 16.6. The predicted octanol–water partition coefficient (Wildman–Crippen LogP) is 2.54. The van der Waals surface area contributed by atoms with E-state index in [4.69, 9.17) is 4.74 Å². The molecule has 23 heavy (non-hydrogen) atoms. The van der Waals surface area contributed by atoms with Gasteiger partial charge in [-0.05, 0) is 16.8 Å². The molecule has 5 heteroatoms. The first-order valence-corrected chi connectivity index (χ1v) is 7.52. The number of hydrogen-bond donors (Lipinski definition) is 1. The highest BCUT2D eigenvalue weighted by molar-refractivity contribution is 6.08. The van der Waals surface area contributed by atoms with Crippen LogP contribution in [0.3, 0.4) is 0 Å². The fourth-order valence-electron chi connectivity index (χ4n) is 3.24. The molecule has 5 nitrogen and oxygen atoms in total. The Labute approximate surface area is 134 Å².